The highest BCUT2D eigenvalue weighted by Crippen LogP contribution is 2.23. The van der Waals surface area contributed by atoms with Gasteiger partial charge in [-0.05, 0) is 56.4 Å². The summed E-state index contributed by atoms with van der Waals surface area (Å²) >= 11 is 6.07. The van der Waals surface area contributed by atoms with Crippen LogP contribution in [0.3, 0.4) is 0 Å². The van der Waals surface area contributed by atoms with Crippen molar-refractivity contribution in [1.82, 2.24) is 9.62 Å². The molecule has 0 radical (unpaired) electrons. The number of likely N-dealkylation sites (N-methyl/N-ethyl adjacent to an activating group) is 1. The molecule has 0 aliphatic rings. The average molecular weight is 383 g/mol. The number of nitrogens with zero attached hydrogens (tertiary/aromatic N) is 1. The lowest BCUT2D eigenvalue weighted by Gasteiger charge is -2.18. The van der Waals surface area contributed by atoms with Crippen molar-refractivity contribution in [3.8, 4) is 5.75 Å². The van der Waals surface area contributed by atoms with Crippen LogP contribution in [0.5, 0.6) is 5.75 Å². The van der Waals surface area contributed by atoms with Crippen LogP contribution >= 0.6 is 11.6 Å². The molecular weight excluding hydrogens is 360 g/mol. The monoisotopic (exact) mass is 382 g/mol. The molecule has 0 amide bonds. The number of rotatable bonds is 8. The fraction of sp³-hybridized carbons (Fsp3) is 0.333. The standard InChI is InChI=1S/C18H23ClN2O3S/c1-20-25(22,23)17-7-4-14(5-8-17)10-11-21(2)13-15-12-16(19)6-9-18(15)24-3/h4-9,12,20H,10-11,13H2,1-3H3. The first-order valence-corrected chi connectivity index (χ1v) is 9.75. The Balaban J connectivity index is 1.96. The van der Waals surface area contributed by atoms with Crippen molar-refractivity contribution in [3.63, 3.8) is 0 Å². The van der Waals surface area contributed by atoms with E-state index in [1.807, 2.05) is 37.4 Å². The quantitative estimate of drug-likeness (QED) is 0.762. The van der Waals surface area contributed by atoms with E-state index < -0.39 is 10.0 Å². The summed E-state index contributed by atoms with van der Waals surface area (Å²) < 4.78 is 31.1. The van der Waals surface area contributed by atoms with E-state index in [0.29, 0.717) is 5.02 Å². The van der Waals surface area contributed by atoms with Gasteiger partial charge in [0.25, 0.3) is 0 Å². The SMILES string of the molecule is CNS(=O)(=O)c1ccc(CCN(C)Cc2cc(Cl)ccc2OC)cc1. The molecule has 0 aliphatic carbocycles. The third-order valence-corrected chi connectivity index (χ3v) is 5.63. The molecule has 1 N–H and O–H groups in total. The Labute approximate surface area is 154 Å². The van der Waals surface area contributed by atoms with Crippen molar-refractivity contribution < 1.29 is 13.2 Å². The molecule has 25 heavy (non-hydrogen) atoms. The number of benzene rings is 2. The summed E-state index contributed by atoms with van der Waals surface area (Å²) in [5.74, 6) is 0.817. The zero-order valence-corrected chi connectivity index (χ0v) is 16.2. The number of halogens is 1. The summed E-state index contributed by atoms with van der Waals surface area (Å²) in [5.41, 5.74) is 2.12. The molecule has 0 saturated carbocycles. The van der Waals surface area contributed by atoms with Crippen LogP contribution < -0.4 is 9.46 Å². The fourth-order valence-electron chi connectivity index (χ4n) is 2.51. The van der Waals surface area contributed by atoms with Crippen LogP contribution in [0.25, 0.3) is 0 Å². The topological polar surface area (TPSA) is 58.6 Å². The summed E-state index contributed by atoms with van der Waals surface area (Å²) in [7, 11) is 1.69. The highest BCUT2D eigenvalue weighted by molar-refractivity contribution is 7.89. The summed E-state index contributed by atoms with van der Waals surface area (Å²) in [6.07, 6.45) is 0.819. The van der Waals surface area contributed by atoms with Crippen LogP contribution in [0.15, 0.2) is 47.4 Å². The lowest BCUT2D eigenvalue weighted by Crippen LogP contribution is -2.21. The molecule has 0 unspecified atom stereocenters. The molecule has 0 spiro atoms. The Kier molecular flexibility index (Phi) is 6.84. The number of ether oxygens (including phenoxy) is 1. The first-order chi connectivity index (χ1) is 11.9. The van der Waals surface area contributed by atoms with Crippen LogP contribution in [0.1, 0.15) is 11.1 Å². The van der Waals surface area contributed by atoms with Gasteiger partial charge < -0.3 is 9.64 Å². The van der Waals surface area contributed by atoms with Crippen molar-refractivity contribution in [1.29, 1.82) is 0 Å². The maximum atomic E-state index is 11.7. The zero-order valence-electron chi connectivity index (χ0n) is 14.6. The first-order valence-electron chi connectivity index (χ1n) is 7.89. The van der Waals surface area contributed by atoms with Gasteiger partial charge in [0.15, 0.2) is 0 Å². The van der Waals surface area contributed by atoms with Crippen LogP contribution in [-0.4, -0.2) is 41.1 Å². The molecule has 136 valence electrons. The van der Waals surface area contributed by atoms with E-state index in [9.17, 15) is 8.42 Å². The second kappa shape index (κ2) is 8.67. The minimum absolute atomic E-state index is 0.274. The van der Waals surface area contributed by atoms with Gasteiger partial charge in [-0.25, -0.2) is 13.1 Å². The highest BCUT2D eigenvalue weighted by Gasteiger charge is 2.11. The summed E-state index contributed by atoms with van der Waals surface area (Å²) in [5, 5.41) is 0.686. The molecule has 0 fully saturated rings. The van der Waals surface area contributed by atoms with Gasteiger partial charge >= 0.3 is 0 Å². The molecule has 5 nitrogen and oxygen atoms in total. The largest absolute Gasteiger partial charge is 0.496 e. The minimum Gasteiger partial charge on any atom is -0.496 e. The molecule has 7 heteroatoms. The fourth-order valence-corrected chi connectivity index (χ4v) is 3.44. The van der Waals surface area contributed by atoms with Gasteiger partial charge in [-0.3, -0.25) is 0 Å². The van der Waals surface area contributed by atoms with E-state index in [1.165, 1.54) is 7.05 Å². The van der Waals surface area contributed by atoms with E-state index in [4.69, 9.17) is 16.3 Å². The zero-order chi connectivity index (χ0) is 18.4. The second-order valence-electron chi connectivity index (χ2n) is 5.80. The van der Waals surface area contributed by atoms with Crippen molar-refractivity contribution in [2.45, 2.75) is 17.9 Å². The molecule has 2 aromatic rings. The van der Waals surface area contributed by atoms with Gasteiger partial charge in [-0.1, -0.05) is 23.7 Å². The van der Waals surface area contributed by atoms with Crippen molar-refractivity contribution >= 4 is 21.6 Å². The van der Waals surface area contributed by atoms with Gasteiger partial charge in [0, 0.05) is 23.7 Å². The Bertz CT molecular complexity index is 808. The minimum atomic E-state index is -3.39. The summed E-state index contributed by atoms with van der Waals surface area (Å²) in [4.78, 5) is 2.45. The van der Waals surface area contributed by atoms with E-state index >= 15 is 0 Å². The Morgan fingerprint density at radius 2 is 1.84 bits per heavy atom. The van der Waals surface area contributed by atoms with E-state index in [2.05, 4.69) is 9.62 Å². The normalized spacial score (nSPS) is 11.7. The van der Waals surface area contributed by atoms with E-state index in [1.54, 1.807) is 19.2 Å². The lowest BCUT2D eigenvalue weighted by molar-refractivity contribution is 0.321. The molecule has 2 rings (SSSR count). The Morgan fingerprint density at radius 3 is 2.44 bits per heavy atom. The number of nitrogens with one attached hydrogen (secondary N) is 1. The number of sulfonamides is 1. The van der Waals surface area contributed by atoms with E-state index in [-0.39, 0.29) is 4.90 Å². The summed E-state index contributed by atoms with van der Waals surface area (Å²) in [6.45, 7) is 1.55. The van der Waals surface area contributed by atoms with Crippen molar-refractivity contribution in [3.05, 3.63) is 58.6 Å². The van der Waals surface area contributed by atoms with Gasteiger partial charge in [0.1, 0.15) is 5.75 Å². The summed E-state index contributed by atoms with van der Waals surface area (Å²) in [6, 6.07) is 12.5. The van der Waals surface area contributed by atoms with Crippen LogP contribution in [0.2, 0.25) is 5.02 Å². The highest BCUT2D eigenvalue weighted by atomic mass is 35.5. The number of hydrogen-bond donors (Lipinski definition) is 1. The molecule has 0 aliphatic heterocycles. The first kappa shape index (κ1) is 19.7. The van der Waals surface area contributed by atoms with E-state index in [0.717, 1.165) is 36.4 Å². The predicted molar refractivity (Wildman–Crippen MR) is 101 cm³/mol. The van der Waals surface area contributed by atoms with Gasteiger partial charge in [0.05, 0.1) is 12.0 Å². The molecule has 0 saturated heterocycles. The molecule has 0 heterocycles. The predicted octanol–water partition coefficient (Wildman–Crippen LogP) is 2.93. The molecular formula is C18H23ClN2O3S. The van der Waals surface area contributed by atoms with Crippen molar-refractivity contribution in [2.75, 3.05) is 27.7 Å². The smallest absolute Gasteiger partial charge is 0.240 e. The van der Waals surface area contributed by atoms with Crippen LogP contribution in [0, 0.1) is 0 Å². The Hall–Kier alpha value is -1.60. The number of methoxy groups -OCH3 is 1. The lowest BCUT2D eigenvalue weighted by atomic mass is 10.1. The third-order valence-electron chi connectivity index (χ3n) is 3.97. The molecule has 0 atom stereocenters. The molecule has 2 aromatic carbocycles. The Morgan fingerprint density at radius 1 is 1.16 bits per heavy atom. The third kappa shape index (κ3) is 5.44. The maximum absolute atomic E-state index is 11.7. The van der Waals surface area contributed by atoms with Gasteiger partial charge in [0.2, 0.25) is 10.0 Å². The van der Waals surface area contributed by atoms with Gasteiger partial charge in [-0.15, -0.1) is 0 Å². The number of hydrogen-bond acceptors (Lipinski definition) is 4. The van der Waals surface area contributed by atoms with Gasteiger partial charge in [-0.2, -0.15) is 0 Å². The molecule has 0 aromatic heterocycles. The van der Waals surface area contributed by atoms with Crippen molar-refractivity contribution in [2.24, 2.45) is 0 Å². The second-order valence-corrected chi connectivity index (χ2v) is 8.12. The van der Waals surface area contributed by atoms with Crippen LogP contribution in [-0.2, 0) is 23.0 Å². The molecule has 0 bridgehead atoms. The maximum Gasteiger partial charge on any atom is 0.240 e. The average Bonchev–Trinajstić information content (AvgIpc) is 2.60. The van der Waals surface area contributed by atoms with Crippen LogP contribution in [0.4, 0.5) is 0 Å².